The van der Waals surface area contributed by atoms with Crippen LogP contribution in [0.3, 0.4) is 0 Å². The summed E-state index contributed by atoms with van der Waals surface area (Å²) in [6, 6.07) is 6.69. The highest BCUT2D eigenvalue weighted by Crippen LogP contribution is 2.40. The lowest BCUT2D eigenvalue weighted by Crippen LogP contribution is -2.54. The number of hydrogen-bond acceptors (Lipinski definition) is 4. The van der Waals surface area contributed by atoms with Gasteiger partial charge in [-0.05, 0) is 49.3 Å². The van der Waals surface area contributed by atoms with Crippen molar-refractivity contribution in [2.75, 3.05) is 19.6 Å². The molecular weight excluding hydrogens is 371 g/mol. The first-order valence-corrected chi connectivity index (χ1v) is 10.6. The molecule has 1 amide bonds. The van der Waals surface area contributed by atoms with Gasteiger partial charge in [0.25, 0.3) is 5.91 Å². The zero-order valence-electron chi connectivity index (χ0n) is 16.5. The van der Waals surface area contributed by atoms with E-state index in [-0.39, 0.29) is 11.7 Å². The average Bonchev–Trinajstić information content (AvgIpc) is 3.44. The van der Waals surface area contributed by atoms with Crippen molar-refractivity contribution in [2.24, 2.45) is 5.92 Å². The van der Waals surface area contributed by atoms with Crippen LogP contribution in [-0.4, -0.2) is 46.1 Å². The minimum absolute atomic E-state index is 0.00985. The monoisotopic (exact) mass is 398 g/mol. The van der Waals surface area contributed by atoms with Gasteiger partial charge in [0.1, 0.15) is 17.2 Å². The number of amides is 1. The Bertz CT molecular complexity index is 869. The summed E-state index contributed by atoms with van der Waals surface area (Å²) in [7, 11) is 0. The number of imidazole rings is 1. The summed E-state index contributed by atoms with van der Waals surface area (Å²) in [6.45, 7) is 3.76. The van der Waals surface area contributed by atoms with E-state index >= 15 is 0 Å². The van der Waals surface area contributed by atoms with E-state index in [1.54, 1.807) is 6.20 Å². The summed E-state index contributed by atoms with van der Waals surface area (Å²) in [5.41, 5.74) is 0.591. The second kappa shape index (κ2) is 7.54. The Morgan fingerprint density at radius 3 is 2.72 bits per heavy atom. The van der Waals surface area contributed by atoms with Crippen molar-refractivity contribution in [1.82, 2.24) is 19.8 Å². The summed E-state index contributed by atoms with van der Waals surface area (Å²) in [4.78, 5) is 19.6. The number of hydrogen-bond donors (Lipinski definition) is 1. The van der Waals surface area contributed by atoms with Gasteiger partial charge in [0.15, 0.2) is 6.10 Å². The molecule has 2 fully saturated rings. The molecule has 3 aliphatic rings. The van der Waals surface area contributed by atoms with Gasteiger partial charge in [0, 0.05) is 38.6 Å². The second-order valence-corrected chi connectivity index (χ2v) is 8.60. The minimum atomic E-state index is -0.511. The van der Waals surface area contributed by atoms with E-state index in [1.807, 2.05) is 18.3 Å². The molecule has 2 aromatic rings. The SMILES string of the molecule is O=C(NCC1CC1)C1Cn2ccnc2C2(CCN(Cc3ccc(F)cc3)CC2)O1. The van der Waals surface area contributed by atoms with Crippen molar-refractivity contribution in [3.8, 4) is 0 Å². The predicted octanol–water partition coefficient (Wildman–Crippen LogP) is 2.44. The number of likely N-dealkylation sites (tertiary alicyclic amines) is 1. The molecule has 1 saturated carbocycles. The van der Waals surface area contributed by atoms with Gasteiger partial charge in [0.05, 0.1) is 6.54 Å². The summed E-state index contributed by atoms with van der Waals surface area (Å²) in [5.74, 6) is 1.37. The summed E-state index contributed by atoms with van der Waals surface area (Å²) in [5, 5.41) is 3.07. The first-order chi connectivity index (χ1) is 14.1. The number of ether oxygens (including phenoxy) is 1. The number of nitrogens with one attached hydrogen (secondary N) is 1. The third-order valence-corrected chi connectivity index (χ3v) is 6.39. The van der Waals surface area contributed by atoms with Gasteiger partial charge in [-0.2, -0.15) is 0 Å². The molecule has 1 N–H and O–H groups in total. The van der Waals surface area contributed by atoms with Crippen LogP contribution in [-0.2, 0) is 28.2 Å². The van der Waals surface area contributed by atoms with Crippen molar-refractivity contribution >= 4 is 5.91 Å². The molecule has 1 aromatic carbocycles. The summed E-state index contributed by atoms with van der Waals surface area (Å²) < 4.78 is 21.7. The molecule has 29 heavy (non-hydrogen) atoms. The lowest BCUT2D eigenvalue weighted by Gasteiger charge is -2.45. The molecule has 1 atom stereocenters. The number of carbonyl (C=O) groups excluding carboxylic acids is 1. The number of fused-ring (bicyclic) bond motifs is 2. The summed E-state index contributed by atoms with van der Waals surface area (Å²) >= 11 is 0. The molecule has 7 heteroatoms. The number of rotatable bonds is 5. The molecule has 1 aromatic heterocycles. The zero-order valence-corrected chi connectivity index (χ0v) is 16.5. The predicted molar refractivity (Wildman–Crippen MR) is 105 cm³/mol. The molecular formula is C22H27FN4O2. The van der Waals surface area contributed by atoms with Gasteiger partial charge in [-0.3, -0.25) is 9.69 Å². The maximum atomic E-state index is 13.1. The topological polar surface area (TPSA) is 59.4 Å². The fourth-order valence-electron chi connectivity index (χ4n) is 4.48. The molecule has 1 aliphatic carbocycles. The van der Waals surface area contributed by atoms with Gasteiger partial charge in [-0.15, -0.1) is 0 Å². The maximum Gasteiger partial charge on any atom is 0.251 e. The highest BCUT2D eigenvalue weighted by Gasteiger charge is 2.47. The van der Waals surface area contributed by atoms with Crippen molar-refractivity contribution in [2.45, 2.75) is 50.5 Å². The Kier molecular flexibility index (Phi) is 4.87. The van der Waals surface area contributed by atoms with Crippen LogP contribution < -0.4 is 5.32 Å². The smallest absolute Gasteiger partial charge is 0.251 e. The number of aromatic nitrogens is 2. The number of nitrogens with zero attached hydrogens (tertiary/aromatic N) is 3. The molecule has 0 bridgehead atoms. The lowest BCUT2D eigenvalue weighted by molar-refractivity contribution is -0.173. The normalized spacial score (nSPS) is 23.7. The van der Waals surface area contributed by atoms with Crippen LogP contribution in [0.1, 0.15) is 37.1 Å². The lowest BCUT2D eigenvalue weighted by atomic mass is 9.88. The first-order valence-electron chi connectivity index (χ1n) is 10.6. The molecule has 1 saturated heterocycles. The molecule has 1 unspecified atom stereocenters. The Hall–Kier alpha value is -2.25. The van der Waals surface area contributed by atoms with Crippen molar-refractivity contribution < 1.29 is 13.9 Å². The van der Waals surface area contributed by atoms with Gasteiger partial charge in [0.2, 0.25) is 0 Å². The molecule has 3 heterocycles. The van der Waals surface area contributed by atoms with Crippen LogP contribution in [0, 0.1) is 11.7 Å². The highest BCUT2D eigenvalue weighted by atomic mass is 19.1. The van der Waals surface area contributed by atoms with Crippen molar-refractivity contribution in [1.29, 1.82) is 0 Å². The minimum Gasteiger partial charge on any atom is -0.354 e. The molecule has 5 rings (SSSR count). The fraction of sp³-hybridized carbons (Fsp3) is 0.545. The van der Waals surface area contributed by atoms with E-state index in [1.165, 1.54) is 25.0 Å². The zero-order chi connectivity index (χ0) is 19.8. The number of piperidine rings is 1. The third kappa shape index (κ3) is 3.94. The van der Waals surface area contributed by atoms with Crippen molar-refractivity contribution in [3.05, 3.63) is 53.9 Å². The largest absolute Gasteiger partial charge is 0.354 e. The van der Waals surface area contributed by atoms with Gasteiger partial charge >= 0.3 is 0 Å². The van der Waals surface area contributed by atoms with E-state index in [2.05, 4.69) is 19.8 Å². The molecule has 154 valence electrons. The van der Waals surface area contributed by atoms with Crippen LogP contribution >= 0.6 is 0 Å². The Labute approximate surface area is 170 Å². The Morgan fingerprint density at radius 1 is 1.24 bits per heavy atom. The van der Waals surface area contributed by atoms with E-state index < -0.39 is 11.7 Å². The first kappa shape index (κ1) is 18.8. The Morgan fingerprint density at radius 2 is 2.00 bits per heavy atom. The highest BCUT2D eigenvalue weighted by molar-refractivity contribution is 5.81. The van der Waals surface area contributed by atoms with Crippen LogP contribution in [0.15, 0.2) is 36.7 Å². The van der Waals surface area contributed by atoms with E-state index in [0.717, 1.165) is 50.4 Å². The van der Waals surface area contributed by atoms with Gasteiger partial charge < -0.3 is 14.6 Å². The van der Waals surface area contributed by atoms with Gasteiger partial charge in [-0.1, -0.05) is 12.1 Å². The molecule has 2 aliphatic heterocycles. The van der Waals surface area contributed by atoms with Crippen molar-refractivity contribution in [3.63, 3.8) is 0 Å². The average molecular weight is 398 g/mol. The second-order valence-electron chi connectivity index (χ2n) is 8.60. The quantitative estimate of drug-likeness (QED) is 0.841. The molecule has 0 radical (unpaired) electrons. The summed E-state index contributed by atoms with van der Waals surface area (Å²) in [6.07, 6.45) is 7.28. The number of carbonyl (C=O) groups is 1. The fourth-order valence-corrected chi connectivity index (χ4v) is 4.48. The van der Waals surface area contributed by atoms with E-state index in [9.17, 15) is 9.18 Å². The maximum absolute atomic E-state index is 13.1. The van der Waals surface area contributed by atoms with Gasteiger partial charge in [-0.25, -0.2) is 9.37 Å². The molecule has 1 spiro atoms. The van der Waals surface area contributed by atoms with Crippen LogP contribution in [0.25, 0.3) is 0 Å². The van der Waals surface area contributed by atoms with E-state index in [0.29, 0.717) is 12.5 Å². The third-order valence-electron chi connectivity index (χ3n) is 6.39. The number of benzene rings is 1. The van der Waals surface area contributed by atoms with Crippen LogP contribution in [0.4, 0.5) is 4.39 Å². The van der Waals surface area contributed by atoms with E-state index in [4.69, 9.17) is 4.74 Å². The Balaban J connectivity index is 1.26. The van der Waals surface area contributed by atoms with Crippen LogP contribution in [0.2, 0.25) is 0 Å². The molecule has 6 nitrogen and oxygen atoms in total. The standard InChI is InChI=1S/C22H27FN4O2/c23-18-5-3-17(4-6-18)14-26-10-7-22(8-11-26)21-24-9-12-27(21)15-19(29-22)20(28)25-13-16-1-2-16/h3-6,9,12,16,19H,1-2,7-8,10-11,13-15H2,(H,25,28). The van der Waals surface area contributed by atoms with Crippen LogP contribution in [0.5, 0.6) is 0 Å². The number of halogens is 1.